The third kappa shape index (κ3) is 3.94. The van der Waals surface area contributed by atoms with Crippen LogP contribution in [0.1, 0.15) is 33.4 Å². The van der Waals surface area contributed by atoms with Crippen LogP contribution in [0.15, 0.2) is 103 Å². The highest BCUT2D eigenvalue weighted by atomic mass is 16.5. The second-order valence-electron chi connectivity index (χ2n) is 8.44. The van der Waals surface area contributed by atoms with Crippen LogP contribution in [0.2, 0.25) is 0 Å². The number of esters is 1. The second kappa shape index (κ2) is 9.00. The standard InChI is InChI=1S/C29H25NO3/c1-33-29(32)27-24(20-11-4-2-5-12-20)25(28(31)21-13-6-3-7-14-21)26(30-27)23-17-16-19-10-8-9-15-22(19)18-23/h2-18,24-27,30H,1H3/t24-,25-,26-,27-/m0/s1. The lowest BCUT2D eigenvalue weighted by Crippen LogP contribution is -2.36. The number of rotatable bonds is 5. The summed E-state index contributed by atoms with van der Waals surface area (Å²) < 4.78 is 5.16. The Hall–Kier alpha value is -3.76. The number of carbonyl (C=O) groups excluding carboxylic acids is 2. The van der Waals surface area contributed by atoms with Gasteiger partial charge in [-0.2, -0.15) is 0 Å². The zero-order chi connectivity index (χ0) is 22.8. The molecule has 4 nitrogen and oxygen atoms in total. The predicted octanol–water partition coefficient (Wildman–Crippen LogP) is 5.31. The third-order valence-electron chi connectivity index (χ3n) is 6.60. The van der Waals surface area contributed by atoms with Gasteiger partial charge in [0, 0.05) is 17.5 Å². The van der Waals surface area contributed by atoms with Crippen molar-refractivity contribution in [2.24, 2.45) is 5.92 Å². The third-order valence-corrected chi connectivity index (χ3v) is 6.60. The lowest BCUT2D eigenvalue weighted by atomic mass is 9.76. The highest BCUT2D eigenvalue weighted by Crippen LogP contribution is 2.45. The molecule has 5 rings (SSSR count). The van der Waals surface area contributed by atoms with Crippen molar-refractivity contribution in [2.45, 2.75) is 18.0 Å². The van der Waals surface area contributed by atoms with Gasteiger partial charge < -0.3 is 4.74 Å². The van der Waals surface area contributed by atoms with Gasteiger partial charge in [-0.3, -0.25) is 14.9 Å². The fourth-order valence-corrected chi connectivity index (χ4v) is 5.05. The van der Waals surface area contributed by atoms with Crippen LogP contribution >= 0.6 is 0 Å². The summed E-state index contributed by atoms with van der Waals surface area (Å²) in [5.74, 6) is -1.18. The van der Waals surface area contributed by atoms with Crippen LogP contribution in [-0.2, 0) is 9.53 Å². The Kier molecular flexibility index (Phi) is 5.76. The number of carbonyl (C=O) groups is 2. The Bertz CT molecular complexity index is 1290. The molecular weight excluding hydrogens is 410 g/mol. The number of hydrogen-bond acceptors (Lipinski definition) is 4. The summed E-state index contributed by atoms with van der Waals surface area (Å²) in [6.07, 6.45) is 0. The van der Waals surface area contributed by atoms with Crippen LogP contribution in [0.4, 0.5) is 0 Å². The number of methoxy groups -OCH3 is 1. The number of ether oxygens (including phenoxy) is 1. The van der Waals surface area contributed by atoms with Crippen LogP contribution < -0.4 is 5.32 Å². The van der Waals surface area contributed by atoms with Gasteiger partial charge in [-0.15, -0.1) is 0 Å². The van der Waals surface area contributed by atoms with Crippen molar-refractivity contribution in [1.82, 2.24) is 5.32 Å². The Balaban J connectivity index is 1.67. The maximum atomic E-state index is 13.9. The predicted molar refractivity (Wildman–Crippen MR) is 129 cm³/mol. The van der Waals surface area contributed by atoms with Crippen LogP contribution in [0.3, 0.4) is 0 Å². The van der Waals surface area contributed by atoms with E-state index in [9.17, 15) is 9.59 Å². The molecule has 0 saturated carbocycles. The molecule has 4 aromatic carbocycles. The van der Waals surface area contributed by atoms with Crippen molar-refractivity contribution >= 4 is 22.5 Å². The van der Waals surface area contributed by atoms with Gasteiger partial charge in [0.25, 0.3) is 0 Å². The van der Waals surface area contributed by atoms with Crippen LogP contribution in [0.25, 0.3) is 10.8 Å². The lowest BCUT2D eigenvalue weighted by molar-refractivity contribution is -0.143. The van der Waals surface area contributed by atoms with Crippen LogP contribution in [0, 0.1) is 5.92 Å². The number of nitrogens with one attached hydrogen (secondary N) is 1. The average molecular weight is 436 g/mol. The normalized spacial score (nSPS) is 22.2. The van der Waals surface area contributed by atoms with E-state index in [2.05, 4.69) is 29.6 Å². The summed E-state index contributed by atoms with van der Waals surface area (Å²) >= 11 is 0. The van der Waals surface area contributed by atoms with E-state index >= 15 is 0 Å². The highest BCUT2D eigenvalue weighted by Gasteiger charge is 2.51. The molecule has 0 radical (unpaired) electrons. The molecule has 33 heavy (non-hydrogen) atoms. The van der Waals surface area contributed by atoms with E-state index in [1.54, 1.807) is 0 Å². The molecule has 0 amide bonds. The SMILES string of the molecule is COC(=O)[C@H]1N[C@@H](c2ccc3ccccc3c2)[C@@H](C(=O)c2ccccc2)[C@@H]1c1ccccc1. The Morgan fingerprint density at radius 2 is 1.36 bits per heavy atom. The Morgan fingerprint density at radius 3 is 2.06 bits per heavy atom. The number of fused-ring (bicyclic) bond motifs is 1. The van der Waals surface area contributed by atoms with E-state index < -0.39 is 12.0 Å². The summed E-state index contributed by atoms with van der Waals surface area (Å²) in [6.45, 7) is 0. The smallest absolute Gasteiger partial charge is 0.323 e. The van der Waals surface area contributed by atoms with Gasteiger partial charge in [-0.1, -0.05) is 97.1 Å². The van der Waals surface area contributed by atoms with Gasteiger partial charge in [0.15, 0.2) is 5.78 Å². The zero-order valence-electron chi connectivity index (χ0n) is 18.3. The summed E-state index contributed by atoms with van der Waals surface area (Å²) in [5, 5.41) is 5.71. The molecule has 1 heterocycles. The van der Waals surface area contributed by atoms with Crippen molar-refractivity contribution in [3.8, 4) is 0 Å². The first-order chi connectivity index (χ1) is 16.2. The fourth-order valence-electron chi connectivity index (χ4n) is 5.05. The minimum Gasteiger partial charge on any atom is -0.468 e. The first-order valence-electron chi connectivity index (χ1n) is 11.1. The van der Waals surface area contributed by atoms with Gasteiger partial charge in [-0.05, 0) is 28.0 Å². The summed E-state index contributed by atoms with van der Waals surface area (Å²) in [4.78, 5) is 26.8. The monoisotopic (exact) mass is 435 g/mol. The topological polar surface area (TPSA) is 55.4 Å². The van der Waals surface area contributed by atoms with E-state index in [4.69, 9.17) is 4.74 Å². The van der Waals surface area contributed by atoms with Crippen LogP contribution in [-0.4, -0.2) is 24.9 Å². The van der Waals surface area contributed by atoms with E-state index in [0.29, 0.717) is 5.56 Å². The molecule has 4 aromatic rings. The molecule has 1 N–H and O–H groups in total. The van der Waals surface area contributed by atoms with E-state index in [1.807, 2.05) is 78.9 Å². The first-order valence-corrected chi connectivity index (χ1v) is 11.1. The molecule has 0 bridgehead atoms. The zero-order valence-corrected chi connectivity index (χ0v) is 18.3. The van der Waals surface area contributed by atoms with E-state index in [1.165, 1.54) is 7.11 Å². The molecule has 0 spiro atoms. The van der Waals surface area contributed by atoms with Gasteiger partial charge >= 0.3 is 5.97 Å². The van der Waals surface area contributed by atoms with Gasteiger partial charge in [0.1, 0.15) is 6.04 Å². The van der Waals surface area contributed by atoms with Crippen LogP contribution in [0.5, 0.6) is 0 Å². The van der Waals surface area contributed by atoms with E-state index in [-0.39, 0.29) is 23.7 Å². The lowest BCUT2D eigenvalue weighted by Gasteiger charge is -2.25. The quantitative estimate of drug-likeness (QED) is 0.341. The summed E-state index contributed by atoms with van der Waals surface area (Å²) in [7, 11) is 1.39. The average Bonchev–Trinajstić information content (AvgIpc) is 3.29. The molecular formula is C29H25NO3. The Labute approximate surface area is 193 Å². The minimum atomic E-state index is -0.633. The molecule has 1 aliphatic rings. The van der Waals surface area contributed by atoms with E-state index in [0.717, 1.165) is 21.9 Å². The molecule has 0 aromatic heterocycles. The molecule has 1 saturated heterocycles. The Morgan fingerprint density at radius 1 is 0.727 bits per heavy atom. The highest BCUT2D eigenvalue weighted by molar-refractivity contribution is 6.00. The van der Waals surface area contributed by atoms with Gasteiger partial charge in [-0.25, -0.2) is 0 Å². The summed E-state index contributed by atoms with van der Waals surface area (Å²) in [5.41, 5.74) is 2.56. The number of ketones is 1. The first kappa shape index (κ1) is 21.1. The molecule has 164 valence electrons. The van der Waals surface area contributed by atoms with Crippen molar-refractivity contribution < 1.29 is 14.3 Å². The maximum Gasteiger partial charge on any atom is 0.323 e. The fraction of sp³-hybridized carbons (Fsp3) is 0.172. The molecule has 0 aliphatic carbocycles. The van der Waals surface area contributed by atoms with Gasteiger partial charge in [0.2, 0.25) is 0 Å². The largest absolute Gasteiger partial charge is 0.468 e. The number of Topliss-reactive ketones (excluding diaryl/α,β-unsaturated/α-hetero) is 1. The number of hydrogen-bond donors (Lipinski definition) is 1. The van der Waals surface area contributed by atoms with Crippen molar-refractivity contribution in [3.63, 3.8) is 0 Å². The summed E-state index contributed by atoms with van der Waals surface area (Å²) in [6, 6.07) is 32.5. The molecule has 1 aliphatic heterocycles. The number of benzene rings is 4. The van der Waals surface area contributed by atoms with Crippen molar-refractivity contribution in [2.75, 3.05) is 7.11 Å². The maximum absolute atomic E-state index is 13.9. The second-order valence-corrected chi connectivity index (χ2v) is 8.44. The van der Waals surface area contributed by atoms with Gasteiger partial charge in [0.05, 0.1) is 13.0 Å². The molecule has 1 fully saturated rings. The molecule has 0 unspecified atom stereocenters. The molecule has 4 heteroatoms. The molecule has 4 atom stereocenters. The van der Waals surface area contributed by atoms with Crippen molar-refractivity contribution in [3.05, 3.63) is 120 Å². The van der Waals surface area contributed by atoms with Crippen molar-refractivity contribution in [1.29, 1.82) is 0 Å². The minimum absolute atomic E-state index is 0.0153.